The van der Waals surface area contributed by atoms with Gasteiger partial charge in [0.15, 0.2) is 0 Å². The summed E-state index contributed by atoms with van der Waals surface area (Å²) in [5.74, 6) is 0.0847. The second kappa shape index (κ2) is 7.36. The van der Waals surface area contributed by atoms with E-state index in [1.54, 1.807) is 6.07 Å². The summed E-state index contributed by atoms with van der Waals surface area (Å²) in [6, 6.07) is 2.23. The number of aromatic nitrogens is 1. The van der Waals surface area contributed by atoms with Crippen LogP contribution in [0.5, 0.6) is 0 Å². The van der Waals surface area contributed by atoms with E-state index in [1.807, 2.05) is 15.7 Å². The van der Waals surface area contributed by atoms with Crippen molar-refractivity contribution in [3.63, 3.8) is 0 Å². The number of unbranched alkanes of at least 4 members (excludes halogenated alkanes) is 2. The molecule has 0 aromatic carbocycles. The van der Waals surface area contributed by atoms with Gasteiger partial charge < -0.3 is 15.2 Å². The van der Waals surface area contributed by atoms with Gasteiger partial charge in [0.2, 0.25) is 0 Å². The van der Waals surface area contributed by atoms with Crippen molar-refractivity contribution in [3.05, 3.63) is 18.0 Å². The van der Waals surface area contributed by atoms with Crippen molar-refractivity contribution in [2.24, 2.45) is 0 Å². The molecule has 0 radical (unpaired) electrons. The number of anilines is 1. The van der Waals surface area contributed by atoms with Crippen LogP contribution < -0.4 is 5.73 Å². The molecule has 0 saturated carbocycles. The average molecular weight is 279 g/mol. The van der Waals surface area contributed by atoms with Gasteiger partial charge >= 0.3 is 0 Å². The molecule has 1 rings (SSSR count). The van der Waals surface area contributed by atoms with Crippen molar-refractivity contribution in [1.29, 1.82) is 0 Å². The van der Waals surface area contributed by atoms with Gasteiger partial charge in [-0.25, -0.2) is 0 Å². The quantitative estimate of drug-likeness (QED) is 0.774. The van der Waals surface area contributed by atoms with Crippen LogP contribution in [0.2, 0.25) is 0 Å². The van der Waals surface area contributed by atoms with Gasteiger partial charge in [-0.05, 0) is 40.2 Å². The molecule has 2 N–H and O–H groups in total. The lowest BCUT2D eigenvalue weighted by Gasteiger charge is -2.27. The summed E-state index contributed by atoms with van der Waals surface area (Å²) in [6.07, 6.45) is 5.22. The van der Waals surface area contributed by atoms with Gasteiger partial charge in [-0.3, -0.25) is 4.79 Å². The standard InChI is InChI=1S/C16H29N3O/c1-6-7-8-9-18(12(2)3)16(20)15-10-14(17)11-19(15)13(4)5/h10-13H,6-9,17H2,1-5H3. The second-order valence-corrected chi connectivity index (χ2v) is 5.96. The van der Waals surface area contributed by atoms with E-state index in [1.165, 1.54) is 0 Å². The molecule has 20 heavy (non-hydrogen) atoms. The van der Waals surface area contributed by atoms with Gasteiger partial charge in [0.25, 0.3) is 5.91 Å². The monoisotopic (exact) mass is 279 g/mol. The fourth-order valence-corrected chi connectivity index (χ4v) is 2.37. The van der Waals surface area contributed by atoms with Crippen LogP contribution in [0.1, 0.15) is 70.4 Å². The third-order valence-electron chi connectivity index (χ3n) is 3.53. The fraction of sp³-hybridized carbons (Fsp3) is 0.688. The molecule has 1 aromatic heterocycles. The van der Waals surface area contributed by atoms with Gasteiger partial charge in [-0.15, -0.1) is 0 Å². The zero-order chi connectivity index (χ0) is 15.3. The number of nitrogens with two attached hydrogens (primary N) is 1. The van der Waals surface area contributed by atoms with Crippen LogP contribution in [0.4, 0.5) is 5.69 Å². The van der Waals surface area contributed by atoms with Crippen LogP contribution in [0, 0.1) is 0 Å². The summed E-state index contributed by atoms with van der Waals surface area (Å²) in [6.45, 7) is 11.2. The van der Waals surface area contributed by atoms with Crippen LogP contribution >= 0.6 is 0 Å². The molecule has 0 atom stereocenters. The number of hydrogen-bond acceptors (Lipinski definition) is 2. The largest absolute Gasteiger partial charge is 0.397 e. The van der Waals surface area contributed by atoms with Gasteiger partial charge in [-0.1, -0.05) is 19.8 Å². The van der Waals surface area contributed by atoms with Crippen molar-refractivity contribution < 1.29 is 4.79 Å². The molecule has 0 aliphatic rings. The first kappa shape index (κ1) is 16.6. The lowest BCUT2D eigenvalue weighted by atomic mass is 10.2. The Morgan fingerprint density at radius 2 is 1.95 bits per heavy atom. The van der Waals surface area contributed by atoms with E-state index >= 15 is 0 Å². The lowest BCUT2D eigenvalue weighted by Crippen LogP contribution is -2.38. The second-order valence-electron chi connectivity index (χ2n) is 5.96. The first-order valence-electron chi connectivity index (χ1n) is 7.66. The van der Waals surface area contributed by atoms with Crippen molar-refractivity contribution in [3.8, 4) is 0 Å². The number of amides is 1. The number of hydrogen-bond donors (Lipinski definition) is 1. The number of rotatable bonds is 7. The van der Waals surface area contributed by atoms with Crippen LogP contribution in [0.15, 0.2) is 12.3 Å². The molecule has 0 saturated heterocycles. The van der Waals surface area contributed by atoms with Crippen molar-refractivity contribution >= 4 is 11.6 Å². The Labute approximate surface area is 122 Å². The molecular weight excluding hydrogens is 250 g/mol. The minimum Gasteiger partial charge on any atom is -0.397 e. The summed E-state index contributed by atoms with van der Waals surface area (Å²) in [5, 5.41) is 0. The molecular formula is C16H29N3O. The van der Waals surface area contributed by atoms with E-state index < -0.39 is 0 Å². The maximum Gasteiger partial charge on any atom is 0.270 e. The highest BCUT2D eigenvalue weighted by atomic mass is 16.2. The molecule has 1 aromatic rings. The molecule has 114 valence electrons. The average Bonchev–Trinajstić information content (AvgIpc) is 2.76. The summed E-state index contributed by atoms with van der Waals surface area (Å²) >= 11 is 0. The number of carbonyl (C=O) groups excluding carboxylic acids is 1. The van der Waals surface area contributed by atoms with Gasteiger partial charge in [0.05, 0.1) is 5.69 Å². The number of carbonyl (C=O) groups is 1. The van der Waals surface area contributed by atoms with Gasteiger partial charge in [-0.2, -0.15) is 0 Å². The maximum atomic E-state index is 12.8. The Morgan fingerprint density at radius 1 is 1.30 bits per heavy atom. The van der Waals surface area contributed by atoms with E-state index in [0.29, 0.717) is 11.4 Å². The minimum atomic E-state index is 0.0847. The molecule has 1 heterocycles. The zero-order valence-corrected chi connectivity index (χ0v) is 13.5. The Kier molecular flexibility index (Phi) is 6.11. The smallest absolute Gasteiger partial charge is 0.270 e. The van der Waals surface area contributed by atoms with Crippen molar-refractivity contribution in [2.45, 2.75) is 66.0 Å². The summed E-state index contributed by atoms with van der Waals surface area (Å²) in [4.78, 5) is 14.7. The molecule has 0 spiro atoms. The van der Waals surface area contributed by atoms with Crippen LogP contribution in [0.25, 0.3) is 0 Å². The van der Waals surface area contributed by atoms with E-state index in [-0.39, 0.29) is 18.0 Å². The Morgan fingerprint density at radius 3 is 2.45 bits per heavy atom. The summed E-state index contributed by atoms with van der Waals surface area (Å²) in [5.41, 5.74) is 7.21. The normalized spacial score (nSPS) is 11.3. The maximum absolute atomic E-state index is 12.8. The van der Waals surface area contributed by atoms with E-state index in [0.717, 1.165) is 25.8 Å². The van der Waals surface area contributed by atoms with E-state index in [4.69, 9.17) is 5.73 Å². The first-order chi connectivity index (χ1) is 9.38. The Hall–Kier alpha value is -1.45. The molecule has 4 nitrogen and oxygen atoms in total. The van der Waals surface area contributed by atoms with Gasteiger partial charge in [0, 0.05) is 24.8 Å². The topological polar surface area (TPSA) is 51.3 Å². The number of nitrogens with zero attached hydrogens (tertiary/aromatic N) is 2. The first-order valence-corrected chi connectivity index (χ1v) is 7.66. The predicted octanol–water partition coefficient (Wildman–Crippen LogP) is 3.69. The van der Waals surface area contributed by atoms with Crippen molar-refractivity contribution in [2.75, 3.05) is 12.3 Å². The molecule has 0 fully saturated rings. The van der Waals surface area contributed by atoms with Crippen LogP contribution in [0.3, 0.4) is 0 Å². The summed E-state index contributed by atoms with van der Waals surface area (Å²) < 4.78 is 1.97. The molecule has 0 aliphatic carbocycles. The lowest BCUT2D eigenvalue weighted by molar-refractivity contribution is 0.0689. The molecule has 4 heteroatoms. The predicted molar refractivity (Wildman–Crippen MR) is 84.9 cm³/mol. The molecule has 1 amide bonds. The highest BCUT2D eigenvalue weighted by Crippen LogP contribution is 2.19. The highest BCUT2D eigenvalue weighted by Gasteiger charge is 2.22. The Bertz CT molecular complexity index is 435. The van der Waals surface area contributed by atoms with Gasteiger partial charge in [0.1, 0.15) is 5.69 Å². The fourth-order valence-electron chi connectivity index (χ4n) is 2.37. The van der Waals surface area contributed by atoms with E-state index in [9.17, 15) is 4.79 Å². The molecule has 0 unspecified atom stereocenters. The third kappa shape index (κ3) is 4.02. The van der Waals surface area contributed by atoms with Crippen LogP contribution in [-0.4, -0.2) is 28.0 Å². The number of nitrogen functional groups attached to an aromatic ring is 1. The minimum absolute atomic E-state index is 0.0847. The molecule has 0 bridgehead atoms. The zero-order valence-electron chi connectivity index (χ0n) is 13.5. The third-order valence-corrected chi connectivity index (χ3v) is 3.53. The SMILES string of the molecule is CCCCCN(C(=O)c1cc(N)cn1C(C)C)C(C)C. The highest BCUT2D eigenvalue weighted by molar-refractivity contribution is 5.94. The Balaban J connectivity index is 2.94. The van der Waals surface area contributed by atoms with E-state index in [2.05, 4.69) is 34.6 Å². The van der Waals surface area contributed by atoms with Crippen molar-refractivity contribution in [1.82, 2.24) is 9.47 Å². The summed E-state index contributed by atoms with van der Waals surface area (Å²) in [7, 11) is 0. The van der Waals surface area contributed by atoms with Crippen LogP contribution in [-0.2, 0) is 0 Å². The molecule has 0 aliphatic heterocycles.